The summed E-state index contributed by atoms with van der Waals surface area (Å²) in [5.41, 5.74) is 1.43. The Morgan fingerprint density at radius 1 is 1.22 bits per heavy atom. The van der Waals surface area contributed by atoms with Gasteiger partial charge in [0.15, 0.2) is 0 Å². The highest BCUT2D eigenvalue weighted by molar-refractivity contribution is 5.95. The van der Waals surface area contributed by atoms with Gasteiger partial charge in [0, 0.05) is 24.2 Å². The van der Waals surface area contributed by atoms with Gasteiger partial charge in [0.1, 0.15) is 18.3 Å². The highest BCUT2D eigenvalue weighted by atomic mass is 16.6. The minimum atomic E-state index is -0.507. The number of rotatable bonds is 6. The molecule has 0 aliphatic heterocycles. The summed E-state index contributed by atoms with van der Waals surface area (Å²) in [5.74, 6) is -0.199. The number of carbonyl (C=O) groups is 1. The lowest BCUT2D eigenvalue weighted by atomic mass is 10.1. The lowest BCUT2D eigenvalue weighted by Gasteiger charge is -2.23. The van der Waals surface area contributed by atoms with Gasteiger partial charge in [0.25, 0.3) is 11.6 Å². The first-order chi connectivity index (χ1) is 13.1. The van der Waals surface area contributed by atoms with Crippen LogP contribution in [0.2, 0.25) is 0 Å². The third kappa shape index (κ3) is 3.55. The summed E-state index contributed by atoms with van der Waals surface area (Å²) < 4.78 is 1.31. The molecule has 8 nitrogen and oxygen atoms in total. The molecule has 1 amide bonds. The van der Waals surface area contributed by atoms with E-state index in [2.05, 4.69) is 10.1 Å². The Morgan fingerprint density at radius 3 is 2.63 bits per heavy atom. The molecule has 1 aliphatic carbocycles. The Morgan fingerprint density at radius 2 is 2.00 bits per heavy atom. The average molecular weight is 363 g/mol. The first kappa shape index (κ1) is 16.9. The molecule has 3 aromatic rings. The molecule has 27 heavy (non-hydrogen) atoms. The lowest BCUT2D eigenvalue weighted by molar-refractivity contribution is -0.384. The molecule has 1 fully saturated rings. The minimum Gasteiger partial charge on any atom is -0.331 e. The molecular weight excluding hydrogens is 346 g/mol. The largest absolute Gasteiger partial charge is 0.331 e. The number of nitrogens with zero attached hydrogens (tertiary/aromatic N) is 5. The number of nitro benzene ring substituents is 1. The van der Waals surface area contributed by atoms with Crippen molar-refractivity contribution in [3.8, 4) is 5.69 Å². The highest BCUT2D eigenvalue weighted by Crippen LogP contribution is 2.31. The van der Waals surface area contributed by atoms with Crippen LogP contribution >= 0.6 is 0 Å². The molecule has 1 heterocycles. The number of carbonyl (C=O) groups excluding carboxylic acids is 1. The minimum absolute atomic E-state index is 0.179. The van der Waals surface area contributed by atoms with E-state index in [9.17, 15) is 14.9 Å². The van der Waals surface area contributed by atoms with Crippen LogP contribution in [-0.4, -0.2) is 36.5 Å². The van der Waals surface area contributed by atoms with E-state index in [0.717, 1.165) is 18.4 Å². The van der Waals surface area contributed by atoms with E-state index in [4.69, 9.17) is 0 Å². The molecule has 0 atom stereocenters. The van der Waals surface area contributed by atoms with Crippen LogP contribution in [0.3, 0.4) is 0 Å². The topological polar surface area (TPSA) is 94.2 Å². The molecule has 4 rings (SSSR count). The molecule has 8 heteroatoms. The predicted molar refractivity (Wildman–Crippen MR) is 97.4 cm³/mol. The van der Waals surface area contributed by atoms with E-state index in [1.807, 2.05) is 30.3 Å². The SMILES string of the molecule is O=C(c1ccc(-n2cncn2)c([N+](=O)[O-])c1)N(Cc1ccccc1)C1CC1. The van der Waals surface area contributed by atoms with Gasteiger partial charge in [-0.2, -0.15) is 5.10 Å². The van der Waals surface area contributed by atoms with Crippen molar-refractivity contribution < 1.29 is 9.72 Å². The van der Waals surface area contributed by atoms with Crippen LogP contribution in [0.25, 0.3) is 5.69 Å². The summed E-state index contributed by atoms with van der Waals surface area (Å²) in [7, 11) is 0. The van der Waals surface area contributed by atoms with Crippen molar-refractivity contribution in [2.24, 2.45) is 0 Å². The highest BCUT2D eigenvalue weighted by Gasteiger charge is 2.34. The summed E-state index contributed by atoms with van der Waals surface area (Å²) in [6.45, 7) is 0.489. The van der Waals surface area contributed by atoms with Crippen LogP contribution in [0.4, 0.5) is 5.69 Å². The number of nitro groups is 1. The molecule has 136 valence electrons. The predicted octanol–water partition coefficient (Wildman–Crippen LogP) is 2.98. The van der Waals surface area contributed by atoms with E-state index in [1.54, 1.807) is 11.0 Å². The van der Waals surface area contributed by atoms with Gasteiger partial charge in [-0.25, -0.2) is 9.67 Å². The third-order valence-electron chi connectivity index (χ3n) is 4.53. The van der Waals surface area contributed by atoms with Gasteiger partial charge in [-0.15, -0.1) is 0 Å². The number of aromatic nitrogens is 3. The van der Waals surface area contributed by atoms with Crippen molar-refractivity contribution >= 4 is 11.6 Å². The Bertz CT molecular complexity index is 968. The van der Waals surface area contributed by atoms with E-state index >= 15 is 0 Å². The second-order valence-electron chi connectivity index (χ2n) is 6.45. The number of hydrogen-bond acceptors (Lipinski definition) is 5. The maximum absolute atomic E-state index is 13.1. The lowest BCUT2D eigenvalue weighted by Crippen LogP contribution is -2.32. The molecule has 0 spiro atoms. The van der Waals surface area contributed by atoms with E-state index in [0.29, 0.717) is 12.1 Å². The summed E-state index contributed by atoms with van der Waals surface area (Å²) in [6.07, 6.45) is 4.60. The Hall–Kier alpha value is -3.55. The Labute approximate surface area is 155 Å². The van der Waals surface area contributed by atoms with Crippen molar-refractivity contribution in [2.45, 2.75) is 25.4 Å². The zero-order valence-electron chi connectivity index (χ0n) is 14.4. The van der Waals surface area contributed by atoms with Gasteiger partial charge in [0.2, 0.25) is 0 Å². The Kier molecular flexibility index (Phi) is 4.37. The monoisotopic (exact) mass is 363 g/mol. The zero-order chi connectivity index (χ0) is 18.8. The quantitative estimate of drug-likeness (QED) is 0.496. The van der Waals surface area contributed by atoms with E-state index in [1.165, 1.54) is 29.5 Å². The van der Waals surface area contributed by atoms with Crippen molar-refractivity contribution in [1.82, 2.24) is 19.7 Å². The fourth-order valence-electron chi connectivity index (χ4n) is 3.03. The maximum atomic E-state index is 13.1. The fourth-order valence-corrected chi connectivity index (χ4v) is 3.03. The summed E-state index contributed by atoms with van der Waals surface area (Å²) >= 11 is 0. The molecule has 0 saturated heterocycles. The van der Waals surface area contributed by atoms with Crippen molar-refractivity contribution in [3.05, 3.63) is 82.4 Å². The van der Waals surface area contributed by atoms with Crippen molar-refractivity contribution in [1.29, 1.82) is 0 Å². The molecule has 0 N–H and O–H groups in total. The molecule has 1 aromatic heterocycles. The zero-order valence-corrected chi connectivity index (χ0v) is 14.4. The number of amides is 1. The van der Waals surface area contributed by atoms with Gasteiger partial charge < -0.3 is 4.90 Å². The second kappa shape index (κ2) is 6.99. The standard InChI is InChI=1S/C19H17N5O3/c25-19(22(16-7-8-16)11-14-4-2-1-3-5-14)15-6-9-17(18(10-15)24(26)27)23-13-20-12-21-23/h1-6,9-10,12-13,16H,7-8,11H2. The van der Waals surface area contributed by atoms with Gasteiger partial charge in [0.05, 0.1) is 4.92 Å². The van der Waals surface area contributed by atoms with Crippen LogP contribution < -0.4 is 0 Å². The molecule has 1 aliphatic rings. The molecule has 0 unspecified atom stereocenters. The van der Waals surface area contributed by atoms with Crippen LogP contribution in [0.5, 0.6) is 0 Å². The molecule has 0 bridgehead atoms. The first-order valence-electron chi connectivity index (χ1n) is 8.62. The third-order valence-corrected chi connectivity index (χ3v) is 4.53. The summed E-state index contributed by atoms with van der Waals surface area (Å²) in [4.78, 5) is 29.7. The van der Waals surface area contributed by atoms with Crippen LogP contribution in [0.15, 0.2) is 61.2 Å². The average Bonchev–Trinajstić information content (AvgIpc) is 3.39. The maximum Gasteiger partial charge on any atom is 0.295 e. The fraction of sp³-hybridized carbons (Fsp3) is 0.211. The van der Waals surface area contributed by atoms with Gasteiger partial charge >= 0.3 is 0 Å². The molecule has 0 radical (unpaired) electrons. The molecule has 2 aromatic carbocycles. The van der Waals surface area contributed by atoms with Gasteiger partial charge in [-0.1, -0.05) is 30.3 Å². The van der Waals surface area contributed by atoms with E-state index < -0.39 is 4.92 Å². The summed E-state index contributed by atoms with van der Waals surface area (Å²) in [6, 6.07) is 14.4. The number of hydrogen-bond donors (Lipinski definition) is 0. The van der Waals surface area contributed by atoms with Gasteiger partial charge in [-0.05, 0) is 30.5 Å². The van der Waals surface area contributed by atoms with Crippen LogP contribution in [-0.2, 0) is 6.54 Å². The molecular formula is C19H17N5O3. The summed E-state index contributed by atoms with van der Waals surface area (Å²) in [5, 5.41) is 15.5. The van der Waals surface area contributed by atoms with Crippen molar-refractivity contribution in [3.63, 3.8) is 0 Å². The van der Waals surface area contributed by atoms with Crippen molar-refractivity contribution in [2.75, 3.05) is 0 Å². The molecule has 1 saturated carbocycles. The smallest absolute Gasteiger partial charge is 0.295 e. The van der Waals surface area contributed by atoms with E-state index in [-0.39, 0.29) is 23.3 Å². The Balaban J connectivity index is 1.66. The van der Waals surface area contributed by atoms with Gasteiger partial charge in [-0.3, -0.25) is 14.9 Å². The normalized spacial score (nSPS) is 13.3. The van der Waals surface area contributed by atoms with Crippen LogP contribution in [0, 0.1) is 10.1 Å². The number of benzene rings is 2. The van der Waals surface area contributed by atoms with Crippen LogP contribution in [0.1, 0.15) is 28.8 Å². The first-order valence-corrected chi connectivity index (χ1v) is 8.62. The second-order valence-corrected chi connectivity index (χ2v) is 6.45.